The van der Waals surface area contributed by atoms with Gasteiger partial charge in [0.1, 0.15) is 5.75 Å². The molecule has 1 N–H and O–H groups in total. The molecule has 0 radical (unpaired) electrons. The van der Waals surface area contributed by atoms with Crippen LogP contribution in [-0.2, 0) is 6.54 Å². The molecule has 0 heterocycles. The number of benzene rings is 1. The fourth-order valence-electron chi connectivity index (χ4n) is 2.69. The van der Waals surface area contributed by atoms with Gasteiger partial charge in [-0.05, 0) is 62.3 Å². The Labute approximate surface area is 127 Å². The molecule has 3 heteroatoms. The van der Waals surface area contributed by atoms with Gasteiger partial charge in [0, 0.05) is 6.54 Å². The first kappa shape index (κ1) is 15.7. The van der Waals surface area contributed by atoms with E-state index in [0.717, 1.165) is 49.0 Å². The topological polar surface area (TPSA) is 21.3 Å². The minimum absolute atomic E-state index is 0.341. The van der Waals surface area contributed by atoms with Gasteiger partial charge in [0.15, 0.2) is 0 Å². The second-order valence-corrected chi connectivity index (χ2v) is 6.35. The average Bonchev–Trinajstić information content (AvgIpc) is 2.44. The summed E-state index contributed by atoms with van der Waals surface area (Å²) in [5.74, 6) is 1.68. The molecule has 0 saturated heterocycles. The van der Waals surface area contributed by atoms with E-state index >= 15 is 0 Å². The molecule has 0 aliphatic heterocycles. The van der Waals surface area contributed by atoms with Crippen LogP contribution in [0, 0.1) is 5.92 Å². The molecule has 1 aliphatic rings. The zero-order valence-electron chi connectivity index (χ0n) is 12.6. The highest BCUT2D eigenvalue weighted by atomic mass is 35.5. The fourth-order valence-corrected chi connectivity index (χ4v) is 2.93. The highest BCUT2D eigenvalue weighted by Gasteiger charge is 2.20. The van der Waals surface area contributed by atoms with Crippen molar-refractivity contribution in [2.24, 2.45) is 5.92 Å². The quantitative estimate of drug-likeness (QED) is 0.761. The molecule has 0 spiro atoms. The second kappa shape index (κ2) is 7.90. The van der Waals surface area contributed by atoms with Crippen LogP contribution < -0.4 is 10.1 Å². The lowest BCUT2D eigenvalue weighted by Gasteiger charge is -2.27. The Morgan fingerprint density at radius 2 is 2.00 bits per heavy atom. The van der Waals surface area contributed by atoms with Gasteiger partial charge < -0.3 is 10.1 Å². The SMILES string of the molecule is CCCNCc1ccc(OC2CCC(C)CC2)c(Cl)c1. The number of hydrogen-bond acceptors (Lipinski definition) is 2. The van der Waals surface area contributed by atoms with Crippen LogP contribution in [0.25, 0.3) is 0 Å². The molecule has 2 rings (SSSR count). The molecule has 0 unspecified atom stereocenters. The molecular formula is C17H26ClNO. The van der Waals surface area contributed by atoms with Crippen molar-refractivity contribution in [1.29, 1.82) is 0 Å². The maximum absolute atomic E-state index is 6.34. The summed E-state index contributed by atoms with van der Waals surface area (Å²) in [5, 5.41) is 4.12. The number of hydrogen-bond donors (Lipinski definition) is 1. The number of rotatable bonds is 6. The third kappa shape index (κ3) is 4.68. The van der Waals surface area contributed by atoms with Gasteiger partial charge in [0.2, 0.25) is 0 Å². The highest BCUT2D eigenvalue weighted by Crippen LogP contribution is 2.31. The van der Waals surface area contributed by atoms with E-state index in [1.807, 2.05) is 12.1 Å². The van der Waals surface area contributed by atoms with Crippen LogP contribution in [0.2, 0.25) is 5.02 Å². The van der Waals surface area contributed by atoms with Crippen molar-refractivity contribution in [2.45, 2.75) is 58.6 Å². The highest BCUT2D eigenvalue weighted by molar-refractivity contribution is 6.32. The van der Waals surface area contributed by atoms with E-state index in [1.165, 1.54) is 18.4 Å². The summed E-state index contributed by atoms with van der Waals surface area (Å²) in [6, 6.07) is 6.14. The predicted octanol–water partition coefficient (Wildman–Crippen LogP) is 4.80. The molecule has 112 valence electrons. The minimum atomic E-state index is 0.341. The zero-order chi connectivity index (χ0) is 14.4. The maximum Gasteiger partial charge on any atom is 0.138 e. The van der Waals surface area contributed by atoms with Crippen molar-refractivity contribution < 1.29 is 4.74 Å². The maximum atomic E-state index is 6.34. The van der Waals surface area contributed by atoms with Crippen molar-refractivity contribution in [3.8, 4) is 5.75 Å². The van der Waals surface area contributed by atoms with Gasteiger partial charge in [-0.3, -0.25) is 0 Å². The number of ether oxygens (including phenoxy) is 1. The lowest BCUT2D eigenvalue weighted by Crippen LogP contribution is -2.23. The van der Waals surface area contributed by atoms with Crippen molar-refractivity contribution in [1.82, 2.24) is 5.32 Å². The summed E-state index contributed by atoms with van der Waals surface area (Å²) < 4.78 is 6.06. The fraction of sp³-hybridized carbons (Fsp3) is 0.647. The Balaban J connectivity index is 1.88. The Morgan fingerprint density at radius 3 is 2.65 bits per heavy atom. The normalized spacial score (nSPS) is 22.8. The van der Waals surface area contributed by atoms with E-state index in [-0.39, 0.29) is 0 Å². The van der Waals surface area contributed by atoms with E-state index in [9.17, 15) is 0 Å². The van der Waals surface area contributed by atoms with Crippen LogP contribution in [0.1, 0.15) is 51.5 Å². The van der Waals surface area contributed by atoms with Gasteiger partial charge in [0.05, 0.1) is 11.1 Å². The Morgan fingerprint density at radius 1 is 1.25 bits per heavy atom. The van der Waals surface area contributed by atoms with Crippen LogP contribution in [0.15, 0.2) is 18.2 Å². The molecule has 0 aromatic heterocycles. The van der Waals surface area contributed by atoms with Crippen LogP contribution in [-0.4, -0.2) is 12.6 Å². The minimum Gasteiger partial charge on any atom is -0.489 e. The summed E-state index contributed by atoms with van der Waals surface area (Å²) in [6.45, 7) is 6.40. The third-order valence-electron chi connectivity index (χ3n) is 4.01. The van der Waals surface area contributed by atoms with Crippen LogP contribution in [0.5, 0.6) is 5.75 Å². The van der Waals surface area contributed by atoms with E-state index in [1.54, 1.807) is 0 Å². The van der Waals surface area contributed by atoms with Crippen molar-refractivity contribution in [3.63, 3.8) is 0 Å². The van der Waals surface area contributed by atoms with Gasteiger partial charge in [-0.1, -0.05) is 31.5 Å². The standard InChI is InChI=1S/C17H26ClNO/c1-3-10-19-12-14-6-9-17(16(18)11-14)20-15-7-4-13(2)5-8-15/h6,9,11,13,15,19H,3-5,7-8,10,12H2,1-2H3. The van der Waals surface area contributed by atoms with Crippen molar-refractivity contribution in [3.05, 3.63) is 28.8 Å². The van der Waals surface area contributed by atoms with Gasteiger partial charge in [-0.25, -0.2) is 0 Å². The average molecular weight is 296 g/mol. The summed E-state index contributed by atoms with van der Waals surface area (Å²) >= 11 is 6.34. The van der Waals surface area contributed by atoms with Crippen LogP contribution in [0.4, 0.5) is 0 Å². The molecule has 1 saturated carbocycles. The molecule has 2 nitrogen and oxygen atoms in total. The molecule has 20 heavy (non-hydrogen) atoms. The van der Waals surface area contributed by atoms with Gasteiger partial charge in [-0.15, -0.1) is 0 Å². The Hall–Kier alpha value is -0.730. The lowest BCUT2D eigenvalue weighted by atomic mass is 9.89. The third-order valence-corrected chi connectivity index (χ3v) is 4.30. The summed E-state index contributed by atoms with van der Waals surface area (Å²) in [6.07, 6.45) is 6.32. The first-order valence-corrected chi connectivity index (χ1v) is 8.22. The summed E-state index contributed by atoms with van der Waals surface area (Å²) in [7, 11) is 0. The molecule has 1 aromatic carbocycles. The zero-order valence-corrected chi connectivity index (χ0v) is 13.4. The van der Waals surface area contributed by atoms with E-state index in [0.29, 0.717) is 6.10 Å². The van der Waals surface area contributed by atoms with E-state index in [2.05, 4.69) is 25.2 Å². The van der Waals surface area contributed by atoms with Crippen LogP contribution >= 0.6 is 11.6 Å². The Kier molecular flexibility index (Phi) is 6.18. The predicted molar refractivity (Wildman–Crippen MR) is 85.5 cm³/mol. The van der Waals surface area contributed by atoms with Crippen molar-refractivity contribution >= 4 is 11.6 Å². The van der Waals surface area contributed by atoms with E-state index < -0.39 is 0 Å². The molecule has 0 atom stereocenters. The summed E-state index contributed by atoms with van der Waals surface area (Å²) in [5.41, 5.74) is 1.22. The monoisotopic (exact) mass is 295 g/mol. The second-order valence-electron chi connectivity index (χ2n) is 5.94. The smallest absolute Gasteiger partial charge is 0.138 e. The van der Waals surface area contributed by atoms with Gasteiger partial charge in [-0.2, -0.15) is 0 Å². The lowest BCUT2D eigenvalue weighted by molar-refractivity contribution is 0.135. The molecule has 1 aromatic rings. The number of nitrogens with one attached hydrogen (secondary N) is 1. The van der Waals surface area contributed by atoms with Gasteiger partial charge >= 0.3 is 0 Å². The van der Waals surface area contributed by atoms with Crippen molar-refractivity contribution in [2.75, 3.05) is 6.54 Å². The van der Waals surface area contributed by atoms with Gasteiger partial charge in [0.25, 0.3) is 0 Å². The van der Waals surface area contributed by atoms with Crippen LogP contribution in [0.3, 0.4) is 0 Å². The molecule has 0 bridgehead atoms. The summed E-state index contributed by atoms with van der Waals surface area (Å²) in [4.78, 5) is 0. The largest absolute Gasteiger partial charge is 0.489 e. The molecule has 1 fully saturated rings. The first-order chi connectivity index (χ1) is 9.69. The van der Waals surface area contributed by atoms with E-state index in [4.69, 9.17) is 16.3 Å². The Bertz CT molecular complexity index is 413. The molecule has 1 aliphatic carbocycles. The first-order valence-electron chi connectivity index (χ1n) is 7.84. The number of halogens is 1. The molecular weight excluding hydrogens is 270 g/mol. The molecule has 0 amide bonds.